The first-order valence-electron chi connectivity index (χ1n) is 24.3. The van der Waals surface area contributed by atoms with Gasteiger partial charge < -0.3 is 45.4 Å². The van der Waals surface area contributed by atoms with Crippen molar-refractivity contribution in [3.05, 3.63) is 0 Å². The van der Waals surface area contributed by atoms with E-state index in [-0.39, 0.29) is 18.9 Å². The molecule has 0 aromatic carbocycles. The molecule has 1 saturated heterocycles. The first-order valence-corrected chi connectivity index (χ1v) is 24.3. The predicted octanol–water partition coefficient (Wildman–Crippen LogP) is 9.31. The summed E-state index contributed by atoms with van der Waals surface area (Å²) in [6, 6.07) is -0.984. The Kier molecular flexibility index (Phi) is 36.2. The quantitative estimate of drug-likeness (QED) is 0.0298. The van der Waals surface area contributed by atoms with Gasteiger partial charge in [-0.3, -0.25) is 4.79 Å². The second kappa shape index (κ2) is 38.1. The number of hydrogen-bond acceptors (Lipinski definition) is 9. The normalized spacial score (nSPS) is 21.4. The fourth-order valence-electron chi connectivity index (χ4n) is 8.08. The Labute approximate surface area is 349 Å². The molecule has 0 aliphatic carbocycles. The molecule has 1 aliphatic heterocycles. The minimum Gasteiger partial charge on any atom is -0.394 e. The molecule has 7 N–H and O–H groups in total. The van der Waals surface area contributed by atoms with Crippen molar-refractivity contribution in [3.8, 4) is 0 Å². The second-order valence-electron chi connectivity index (χ2n) is 17.4. The van der Waals surface area contributed by atoms with Gasteiger partial charge in [-0.05, 0) is 12.8 Å². The monoisotopic (exact) mass is 816 g/mol. The summed E-state index contributed by atoms with van der Waals surface area (Å²) < 4.78 is 11.2. The minimum atomic E-state index is -1.60. The molecule has 57 heavy (non-hydrogen) atoms. The molecule has 10 heteroatoms. The van der Waals surface area contributed by atoms with Crippen molar-refractivity contribution in [2.24, 2.45) is 0 Å². The minimum absolute atomic E-state index is 0.253. The summed E-state index contributed by atoms with van der Waals surface area (Å²) in [5.74, 6) is -0.253. The molecule has 0 aromatic heterocycles. The molecule has 340 valence electrons. The highest BCUT2D eigenvalue weighted by molar-refractivity contribution is 5.76. The molecule has 10 nitrogen and oxygen atoms in total. The van der Waals surface area contributed by atoms with Gasteiger partial charge in [0.05, 0.1) is 25.4 Å². The average molecular weight is 816 g/mol. The van der Waals surface area contributed by atoms with E-state index in [0.29, 0.717) is 6.42 Å². The summed E-state index contributed by atoms with van der Waals surface area (Å²) in [4.78, 5) is 13.0. The standard InChI is InChI=1S/C47H93NO9/c1-3-5-7-9-11-13-15-17-19-20-22-24-26-28-30-32-34-36-42(51)48-39(38-56-47-46(55)45(54)44(53)41(37-49)57-47)43(52)40(50)35-33-31-29-27-25-23-21-18-16-14-12-10-8-6-4-2/h39-41,43-47,49-50,52-55H,3-38H2,1-2H3,(H,48,51)/t39-,40+,41+,43-,44-,45?,46?,47+/m0/s1. The maximum absolute atomic E-state index is 13.0. The fourth-order valence-corrected chi connectivity index (χ4v) is 8.08. The maximum Gasteiger partial charge on any atom is 0.220 e. The number of nitrogens with one attached hydrogen (secondary N) is 1. The van der Waals surface area contributed by atoms with Crippen LogP contribution in [-0.2, 0) is 14.3 Å². The maximum atomic E-state index is 13.0. The smallest absolute Gasteiger partial charge is 0.220 e. The van der Waals surface area contributed by atoms with Crippen molar-refractivity contribution in [1.82, 2.24) is 5.32 Å². The number of amides is 1. The molecular weight excluding hydrogens is 723 g/mol. The third-order valence-corrected chi connectivity index (χ3v) is 12.1. The molecule has 1 heterocycles. The SMILES string of the molecule is CCCCCCCCCCCCCCCCCCCC(=O)N[C@@H](CO[C@@H]1O[C@H](CO)[C@H](O)C(O)C1O)[C@H](O)[C@H](O)CCCCCCCCCCCCCCCCC. The molecule has 2 unspecified atom stereocenters. The molecule has 0 aromatic rings. The van der Waals surface area contributed by atoms with Gasteiger partial charge in [-0.1, -0.05) is 213 Å². The molecule has 1 rings (SSSR count). The van der Waals surface area contributed by atoms with Crippen molar-refractivity contribution in [2.45, 2.75) is 281 Å². The number of unbranched alkanes of at least 4 members (excludes halogenated alkanes) is 30. The lowest BCUT2D eigenvalue weighted by molar-refractivity contribution is -0.303. The van der Waals surface area contributed by atoms with Crippen molar-refractivity contribution >= 4 is 5.91 Å². The van der Waals surface area contributed by atoms with E-state index in [1.807, 2.05) is 0 Å². The lowest BCUT2D eigenvalue weighted by Gasteiger charge is -2.40. The summed E-state index contributed by atoms with van der Waals surface area (Å²) >= 11 is 0. The van der Waals surface area contributed by atoms with Gasteiger partial charge in [0.15, 0.2) is 6.29 Å². The van der Waals surface area contributed by atoms with Crippen LogP contribution in [0.4, 0.5) is 0 Å². The van der Waals surface area contributed by atoms with E-state index in [1.54, 1.807) is 0 Å². The van der Waals surface area contributed by atoms with E-state index in [4.69, 9.17) is 9.47 Å². The topological polar surface area (TPSA) is 169 Å². The van der Waals surface area contributed by atoms with E-state index in [2.05, 4.69) is 19.2 Å². The van der Waals surface area contributed by atoms with Crippen LogP contribution in [0.25, 0.3) is 0 Å². The van der Waals surface area contributed by atoms with Crippen molar-refractivity contribution in [2.75, 3.05) is 13.2 Å². The number of aliphatic hydroxyl groups is 6. The number of hydrogen-bond donors (Lipinski definition) is 7. The number of carbonyl (C=O) groups excluding carboxylic acids is 1. The van der Waals surface area contributed by atoms with E-state index >= 15 is 0 Å². The third-order valence-electron chi connectivity index (χ3n) is 12.1. The van der Waals surface area contributed by atoms with Gasteiger partial charge in [0.2, 0.25) is 5.91 Å². The summed E-state index contributed by atoms with van der Waals surface area (Å²) in [7, 11) is 0. The Bertz CT molecular complexity index is 880. The molecule has 0 saturated carbocycles. The molecule has 1 aliphatic rings. The molecular formula is C47H93NO9. The molecule has 0 radical (unpaired) electrons. The van der Waals surface area contributed by atoms with Gasteiger partial charge in [0, 0.05) is 6.42 Å². The highest BCUT2D eigenvalue weighted by Gasteiger charge is 2.44. The Morgan fingerprint density at radius 1 is 0.544 bits per heavy atom. The zero-order valence-electron chi connectivity index (χ0n) is 37.0. The summed E-state index contributed by atoms with van der Waals surface area (Å²) in [5.41, 5.74) is 0. The van der Waals surface area contributed by atoms with Gasteiger partial charge in [0.25, 0.3) is 0 Å². The van der Waals surface area contributed by atoms with Gasteiger partial charge in [0.1, 0.15) is 30.5 Å². The zero-order chi connectivity index (χ0) is 41.8. The fraction of sp³-hybridized carbons (Fsp3) is 0.979. The third kappa shape index (κ3) is 28.3. The number of ether oxygens (including phenoxy) is 2. The molecule has 1 amide bonds. The summed E-state index contributed by atoms with van der Waals surface area (Å²) in [5, 5.41) is 65.2. The molecule has 8 atom stereocenters. The highest BCUT2D eigenvalue weighted by atomic mass is 16.7. The Morgan fingerprint density at radius 2 is 0.912 bits per heavy atom. The van der Waals surface area contributed by atoms with Crippen LogP contribution < -0.4 is 5.32 Å². The Hall–Kier alpha value is -0.850. The molecule has 0 bridgehead atoms. The van der Waals surface area contributed by atoms with Crippen LogP contribution in [-0.4, -0.2) is 98.7 Å². The van der Waals surface area contributed by atoms with E-state index in [1.165, 1.54) is 167 Å². The van der Waals surface area contributed by atoms with Gasteiger partial charge in [-0.2, -0.15) is 0 Å². The van der Waals surface area contributed by atoms with Crippen LogP contribution in [0, 0.1) is 0 Å². The molecule has 1 fully saturated rings. The van der Waals surface area contributed by atoms with E-state index < -0.39 is 55.6 Å². The van der Waals surface area contributed by atoms with Gasteiger partial charge in [-0.25, -0.2) is 0 Å². The Morgan fingerprint density at radius 3 is 1.30 bits per heavy atom. The predicted molar refractivity (Wildman–Crippen MR) is 232 cm³/mol. The van der Waals surface area contributed by atoms with Crippen LogP contribution in [0.5, 0.6) is 0 Å². The highest BCUT2D eigenvalue weighted by Crippen LogP contribution is 2.23. The van der Waals surface area contributed by atoms with E-state index in [0.717, 1.165) is 38.5 Å². The van der Waals surface area contributed by atoms with Gasteiger partial charge >= 0.3 is 0 Å². The number of aliphatic hydroxyl groups excluding tert-OH is 6. The first kappa shape index (κ1) is 54.2. The second-order valence-corrected chi connectivity index (χ2v) is 17.4. The van der Waals surface area contributed by atoms with Crippen molar-refractivity contribution < 1.29 is 44.9 Å². The largest absolute Gasteiger partial charge is 0.394 e. The van der Waals surface area contributed by atoms with Crippen LogP contribution in [0.3, 0.4) is 0 Å². The number of carbonyl (C=O) groups is 1. The van der Waals surface area contributed by atoms with Crippen molar-refractivity contribution in [3.63, 3.8) is 0 Å². The van der Waals surface area contributed by atoms with Crippen LogP contribution in [0.15, 0.2) is 0 Å². The lowest BCUT2D eigenvalue weighted by Crippen LogP contribution is -2.60. The lowest BCUT2D eigenvalue weighted by atomic mass is 9.98. The van der Waals surface area contributed by atoms with Crippen molar-refractivity contribution in [1.29, 1.82) is 0 Å². The van der Waals surface area contributed by atoms with Gasteiger partial charge in [-0.15, -0.1) is 0 Å². The zero-order valence-corrected chi connectivity index (χ0v) is 37.0. The Balaban J connectivity index is 2.36. The van der Waals surface area contributed by atoms with E-state index in [9.17, 15) is 35.4 Å². The summed E-state index contributed by atoms with van der Waals surface area (Å²) in [6.45, 7) is 3.63. The molecule has 0 spiro atoms. The summed E-state index contributed by atoms with van der Waals surface area (Å²) in [6.07, 6.45) is 31.0. The number of rotatable bonds is 41. The first-order chi connectivity index (χ1) is 27.8. The van der Waals surface area contributed by atoms with Crippen LogP contribution in [0.1, 0.15) is 232 Å². The average Bonchev–Trinajstić information content (AvgIpc) is 3.21. The van der Waals surface area contributed by atoms with Crippen LogP contribution in [0.2, 0.25) is 0 Å². The van der Waals surface area contributed by atoms with Crippen LogP contribution >= 0.6 is 0 Å².